The summed E-state index contributed by atoms with van der Waals surface area (Å²) in [5.41, 5.74) is 0. The van der Waals surface area contributed by atoms with Gasteiger partial charge in [0.05, 0.1) is 4.90 Å². The van der Waals surface area contributed by atoms with E-state index in [2.05, 4.69) is 32.5 Å². The quantitative estimate of drug-likeness (QED) is 0.496. The summed E-state index contributed by atoms with van der Waals surface area (Å²) in [6.45, 7) is 4.49. The molecule has 0 fully saturated rings. The van der Waals surface area contributed by atoms with Gasteiger partial charge in [0.2, 0.25) is 10.0 Å². The molecular weight excluding hydrogens is 388 g/mol. The van der Waals surface area contributed by atoms with Crippen LogP contribution in [-0.4, -0.2) is 39.5 Å². The minimum atomic E-state index is -3.87. The van der Waals surface area contributed by atoms with Crippen LogP contribution in [0.3, 0.4) is 0 Å². The highest BCUT2D eigenvalue weighted by Crippen LogP contribution is 2.20. The summed E-state index contributed by atoms with van der Waals surface area (Å²) in [5, 5.41) is 2.46. The average Bonchev–Trinajstić information content (AvgIpc) is 2.51. The number of nitrogens with one attached hydrogen (secondary N) is 2. The van der Waals surface area contributed by atoms with Crippen molar-refractivity contribution in [2.24, 2.45) is 0 Å². The monoisotopic (exact) mass is 404 g/mol. The lowest BCUT2D eigenvalue weighted by Gasteiger charge is -2.13. The zero-order valence-corrected chi connectivity index (χ0v) is 14.8. The summed E-state index contributed by atoms with van der Waals surface area (Å²) in [7, 11) is -3.87. The predicted octanol–water partition coefficient (Wildman–Crippen LogP) is 0.961. The Balaban J connectivity index is 2.57. The standard InChI is InChI=1S/C14H17BrN2O5S/c1-3-8-16-14(19)10(2)22-13(18)9-17-23(20,21)12-7-5-4-6-11(12)15/h3-7,10,17H,1,8-9H2,2H3,(H,16,19)/t10-/m1/s1. The van der Waals surface area contributed by atoms with Crippen LogP contribution in [0.2, 0.25) is 0 Å². The first-order valence-corrected chi connectivity index (χ1v) is 8.88. The minimum Gasteiger partial charge on any atom is -0.452 e. The van der Waals surface area contributed by atoms with Gasteiger partial charge in [-0.25, -0.2) is 8.42 Å². The minimum absolute atomic E-state index is 0.00424. The highest BCUT2D eigenvalue weighted by Gasteiger charge is 2.21. The molecule has 0 radical (unpaired) electrons. The van der Waals surface area contributed by atoms with Crippen LogP contribution in [0, 0.1) is 0 Å². The summed E-state index contributed by atoms with van der Waals surface area (Å²) in [6.07, 6.45) is 0.452. The summed E-state index contributed by atoms with van der Waals surface area (Å²) in [4.78, 5) is 23.2. The molecule has 126 valence electrons. The van der Waals surface area contributed by atoms with E-state index in [9.17, 15) is 18.0 Å². The molecule has 7 nitrogen and oxygen atoms in total. The molecule has 0 spiro atoms. The van der Waals surface area contributed by atoms with Gasteiger partial charge in [0.25, 0.3) is 5.91 Å². The van der Waals surface area contributed by atoms with Crippen LogP contribution < -0.4 is 10.0 Å². The summed E-state index contributed by atoms with van der Waals surface area (Å²) < 4.78 is 31.5. The van der Waals surface area contributed by atoms with Crippen LogP contribution in [0.1, 0.15) is 6.92 Å². The number of amides is 1. The van der Waals surface area contributed by atoms with Gasteiger partial charge in [-0.2, -0.15) is 4.72 Å². The molecule has 23 heavy (non-hydrogen) atoms. The van der Waals surface area contributed by atoms with Crippen LogP contribution in [0.25, 0.3) is 0 Å². The molecule has 9 heteroatoms. The number of ether oxygens (including phenoxy) is 1. The number of hydrogen-bond donors (Lipinski definition) is 2. The third kappa shape index (κ3) is 6.12. The Morgan fingerprint density at radius 1 is 1.39 bits per heavy atom. The molecule has 0 saturated carbocycles. The first kappa shape index (κ1) is 19.3. The first-order valence-electron chi connectivity index (χ1n) is 6.60. The van der Waals surface area contributed by atoms with Crippen molar-refractivity contribution in [1.29, 1.82) is 0 Å². The summed E-state index contributed by atoms with van der Waals surface area (Å²) in [5.74, 6) is -1.35. The second kappa shape index (κ2) is 8.80. The number of carbonyl (C=O) groups excluding carboxylic acids is 2. The van der Waals surface area contributed by atoms with Crippen LogP contribution in [0.5, 0.6) is 0 Å². The number of sulfonamides is 1. The summed E-state index contributed by atoms with van der Waals surface area (Å²) >= 11 is 3.13. The van der Waals surface area contributed by atoms with Gasteiger partial charge in [0, 0.05) is 11.0 Å². The molecule has 1 aromatic rings. The Hall–Kier alpha value is -1.71. The van der Waals surface area contributed by atoms with Crippen LogP contribution in [-0.2, 0) is 24.3 Å². The molecule has 1 atom stereocenters. The van der Waals surface area contributed by atoms with E-state index in [1.54, 1.807) is 18.2 Å². The van der Waals surface area contributed by atoms with Crippen molar-refractivity contribution in [3.63, 3.8) is 0 Å². The van der Waals surface area contributed by atoms with E-state index in [-0.39, 0.29) is 11.4 Å². The van der Waals surface area contributed by atoms with Gasteiger partial charge in [0.1, 0.15) is 6.54 Å². The number of esters is 1. The van der Waals surface area contributed by atoms with E-state index < -0.39 is 34.5 Å². The van der Waals surface area contributed by atoms with Gasteiger partial charge >= 0.3 is 5.97 Å². The second-order valence-corrected chi connectivity index (χ2v) is 7.01. The molecule has 0 bridgehead atoms. The Labute approximate surface area is 143 Å². The van der Waals surface area contributed by atoms with Gasteiger partial charge in [0.15, 0.2) is 6.10 Å². The number of rotatable bonds is 8. The maximum absolute atomic E-state index is 12.1. The molecule has 1 amide bonds. The smallest absolute Gasteiger partial charge is 0.321 e. The molecule has 0 aromatic heterocycles. The number of hydrogen-bond acceptors (Lipinski definition) is 5. The van der Waals surface area contributed by atoms with E-state index in [0.29, 0.717) is 4.47 Å². The van der Waals surface area contributed by atoms with Crippen molar-refractivity contribution in [3.05, 3.63) is 41.4 Å². The number of halogens is 1. The highest BCUT2D eigenvalue weighted by atomic mass is 79.9. The predicted molar refractivity (Wildman–Crippen MR) is 88.1 cm³/mol. The maximum atomic E-state index is 12.1. The Bertz CT molecular complexity index is 690. The van der Waals surface area contributed by atoms with Crippen molar-refractivity contribution in [2.75, 3.05) is 13.1 Å². The van der Waals surface area contributed by atoms with Crippen molar-refractivity contribution in [1.82, 2.24) is 10.0 Å². The van der Waals surface area contributed by atoms with Gasteiger partial charge in [-0.05, 0) is 35.0 Å². The van der Waals surface area contributed by atoms with Gasteiger partial charge in [-0.3, -0.25) is 9.59 Å². The molecule has 0 unspecified atom stereocenters. The van der Waals surface area contributed by atoms with Crippen molar-refractivity contribution in [3.8, 4) is 0 Å². The molecular formula is C14H17BrN2O5S. The molecule has 0 aliphatic carbocycles. The summed E-state index contributed by atoms with van der Waals surface area (Å²) in [6, 6.07) is 6.19. The molecule has 1 aromatic carbocycles. The number of benzene rings is 1. The van der Waals surface area contributed by atoms with Crippen molar-refractivity contribution in [2.45, 2.75) is 17.9 Å². The molecule has 0 heterocycles. The molecule has 0 aliphatic rings. The van der Waals surface area contributed by atoms with Gasteiger partial charge < -0.3 is 10.1 Å². The van der Waals surface area contributed by atoms with Crippen molar-refractivity contribution < 1.29 is 22.7 Å². The van der Waals surface area contributed by atoms with Crippen LogP contribution in [0.4, 0.5) is 0 Å². The van der Waals surface area contributed by atoms with Gasteiger partial charge in [-0.15, -0.1) is 6.58 Å². The number of carbonyl (C=O) groups is 2. The average molecular weight is 405 g/mol. The lowest BCUT2D eigenvalue weighted by atomic mass is 10.3. The fourth-order valence-electron chi connectivity index (χ4n) is 1.50. The lowest BCUT2D eigenvalue weighted by Crippen LogP contribution is -2.38. The third-order valence-corrected chi connectivity index (χ3v) is 5.04. The largest absolute Gasteiger partial charge is 0.452 e. The van der Waals surface area contributed by atoms with Gasteiger partial charge in [-0.1, -0.05) is 18.2 Å². The fourth-order valence-corrected chi connectivity index (χ4v) is 3.47. The maximum Gasteiger partial charge on any atom is 0.321 e. The highest BCUT2D eigenvalue weighted by molar-refractivity contribution is 9.10. The Kier molecular flexibility index (Phi) is 7.40. The topological polar surface area (TPSA) is 102 Å². The molecule has 0 saturated heterocycles. The zero-order valence-electron chi connectivity index (χ0n) is 12.4. The second-order valence-electron chi connectivity index (χ2n) is 4.42. The van der Waals surface area contributed by atoms with Crippen LogP contribution >= 0.6 is 15.9 Å². The SMILES string of the molecule is C=CCNC(=O)[C@@H](C)OC(=O)CNS(=O)(=O)c1ccccc1Br. The Morgan fingerprint density at radius 3 is 2.65 bits per heavy atom. The zero-order chi connectivity index (χ0) is 17.5. The van der Waals surface area contributed by atoms with Crippen molar-refractivity contribution >= 4 is 37.8 Å². The molecule has 0 aliphatic heterocycles. The Morgan fingerprint density at radius 2 is 2.04 bits per heavy atom. The molecule has 1 rings (SSSR count). The van der Waals surface area contributed by atoms with E-state index in [1.165, 1.54) is 19.1 Å². The van der Waals surface area contributed by atoms with E-state index in [0.717, 1.165) is 0 Å². The van der Waals surface area contributed by atoms with E-state index >= 15 is 0 Å². The van der Waals surface area contributed by atoms with E-state index in [1.807, 2.05) is 0 Å². The third-order valence-electron chi connectivity index (χ3n) is 2.63. The van der Waals surface area contributed by atoms with E-state index in [4.69, 9.17) is 4.74 Å². The first-order chi connectivity index (χ1) is 10.8. The fraction of sp³-hybridized carbons (Fsp3) is 0.286. The molecule has 2 N–H and O–H groups in total. The lowest BCUT2D eigenvalue weighted by molar-refractivity contribution is -0.153. The normalized spacial score (nSPS) is 12.3. The van der Waals surface area contributed by atoms with Crippen LogP contribution in [0.15, 0.2) is 46.3 Å².